The van der Waals surface area contributed by atoms with Crippen LogP contribution in [-0.4, -0.2) is 25.1 Å². The minimum absolute atomic E-state index is 0.283. The van der Waals surface area contributed by atoms with Crippen molar-refractivity contribution in [1.29, 1.82) is 0 Å². The van der Waals surface area contributed by atoms with E-state index in [4.69, 9.17) is 9.47 Å². The molecular weight excluding hydrogens is 318 g/mol. The molecule has 5 heteroatoms. The van der Waals surface area contributed by atoms with Gasteiger partial charge >= 0.3 is 5.97 Å². The molecule has 0 heterocycles. The van der Waals surface area contributed by atoms with Gasteiger partial charge in [-0.05, 0) is 42.7 Å². The first kappa shape index (κ1) is 18.5. The van der Waals surface area contributed by atoms with Crippen LogP contribution in [0.25, 0.3) is 0 Å². The molecule has 2 rings (SSSR count). The average molecular weight is 341 g/mol. The maximum Gasteiger partial charge on any atom is 0.342 e. The van der Waals surface area contributed by atoms with Crippen molar-refractivity contribution < 1.29 is 19.1 Å². The highest BCUT2D eigenvalue weighted by atomic mass is 16.5. The summed E-state index contributed by atoms with van der Waals surface area (Å²) in [6.45, 7) is 5.74. The van der Waals surface area contributed by atoms with Gasteiger partial charge in [-0.3, -0.25) is 4.79 Å². The van der Waals surface area contributed by atoms with Gasteiger partial charge < -0.3 is 14.8 Å². The van der Waals surface area contributed by atoms with Gasteiger partial charge in [0.25, 0.3) is 5.91 Å². The molecule has 0 unspecified atom stereocenters. The van der Waals surface area contributed by atoms with Crippen LogP contribution in [0.15, 0.2) is 48.5 Å². The summed E-state index contributed by atoms with van der Waals surface area (Å²) in [5.74, 6) is -0.161. The molecule has 132 valence electrons. The number of hydrogen-bond donors (Lipinski definition) is 1. The van der Waals surface area contributed by atoms with Gasteiger partial charge in [0.15, 0.2) is 6.10 Å². The van der Waals surface area contributed by atoms with Crippen LogP contribution in [0.2, 0.25) is 0 Å². The number of ether oxygens (including phenoxy) is 2. The summed E-state index contributed by atoms with van der Waals surface area (Å²) in [6, 6.07) is 14.3. The Balaban J connectivity index is 1.99. The molecule has 0 saturated carbocycles. The topological polar surface area (TPSA) is 64.6 Å². The van der Waals surface area contributed by atoms with Crippen molar-refractivity contribution in [3.8, 4) is 5.75 Å². The highest BCUT2D eigenvalue weighted by Crippen LogP contribution is 2.20. The Kier molecular flexibility index (Phi) is 6.17. The first-order chi connectivity index (χ1) is 11.9. The molecule has 0 bridgehead atoms. The number of hydrogen-bond acceptors (Lipinski definition) is 4. The van der Waals surface area contributed by atoms with E-state index in [0.29, 0.717) is 17.4 Å². The van der Waals surface area contributed by atoms with Crippen molar-refractivity contribution in [1.82, 2.24) is 0 Å². The zero-order chi connectivity index (χ0) is 18.4. The Morgan fingerprint density at radius 2 is 1.60 bits per heavy atom. The molecule has 5 nitrogen and oxygen atoms in total. The molecule has 2 aromatic carbocycles. The number of nitrogens with one attached hydrogen (secondary N) is 1. The van der Waals surface area contributed by atoms with Gasteiger partial charge in [0.2, 0.25) is 0 Å². The average Bonchev–Trinajstić information content (AvgIpc) is 2.61. The highest BCUT2D eigenvalue weighted by Gasteiger charge is 2.21. The first-order valence-corrected chi connectivity index (χ1v) is 8.17. The van der Waals surface area contributed by atoms with Gasteiger partial charge in [0.05, 0.1) is 7.11 Å². The summed E-state index contributed by atoms with van der Waals surface area (Å²) in [5, 5.41) is 2.75. The minimum atomic E-state index is -0.929. The summed E-state index contributed by atoms with van der Waals surface area (Å²) < 4.78 is 10.4. The summed E-state index contributed by atoms with van der Waals surface area (Å²) in [6.07, 6.45) is -0.929. The second kappa shape index (κ2) is 8.33. The maximum absolute atomic E-state index is 12.2. The lowest BCUT2D eigenvalue weighted by Gasteiger charge is -2.15. The molecule has 2 aromatic rings. The molecule has 0 aliphatic heterocycles. The van der Waals surface area contributed by atoms with Crippen molar-refractivity contribution in [3.63, 3.8) is 0 Å². The van der Waals surface area contributed by atoms with Crippen LogP contribution < -0.4 is 10.1 Å². The van der Waals surface area contributed by atoms with Crippen LogP contribution in [0.1, 0.15) is 42.6 Å². The quantitative estimate of drug-likeness (QED) is 0.807. The third-order valence-corrected chi connectivity index (χ3v) is 3.82. The summed E-state index contributed by atoms with van der Waals surface area (Å²) in [5.41, 5.74) is 2.13. The molecule has 1 atom stereocenters. The fourth-order valence-corrected chi connectivity index (χ4v) is 2.29. The van der Waals surface area contributed by atoms with Gasteiger partial charge in [0.1, 0.15) is 11.3 Å². The largest absolute Gasteiger partial charge is 0.496 e. The number of para-hydroxylation sites is 1. The van der Waals surface area contributed by atoms with E-state index in [0.717, 1.165) is 0 Å². The fraction of sp³-hybridized carbons (Fsp3) is 0.300. The van der Waals surface area contributed by atoms with E-state index in [1.165, 1.54) is 19.6 Å². The number of methoxy groups -OCH3 is 1. The van der Waals surface area contributed by atoms with E-state index in [-0.39, 0.29) is 11.5 Å². The second-order valence-electron chi connectivity index (χ2n) is 6.01. The van der Waals surface area contributed by atoms with Crippen LogP contribution >= 0.6 is 0 Å². The third kappa shape index (κ3) is 4.83. The third-order valence-electron chi connectivity index (χ3n) is 3.82. The Labute approximate surface area is 148 Å². The van der Waals surface area contributed by atoms with Crippen LogP contribution in [0.3, 0.4) is 0 Å². The smallest absolute Gasteiger partial charge is 0.342 e. The maximum atomic E-state index is 12.2. The Bertz CT molecular complexity index is 738. The molecule has 0 aromatic heterocycles. The van der Waals surface area contributed by atoms with Gasteiger partial charge in [-0.25, -0.2) is 4.79 Å². The van der Waals surface area contributed by atoms with E-state index >= 15 is 0 Å². The SMILES string of the molecule is COc1ccccc1C(=O)O[C@H](C)C(=O)Nc1ccc(C(C)C)cc1. The number of amides is 1. The Morgan fingerprint density at radius 1 is 0.960 bits per heavy atom. The van der Waals surface area contributed by atoms with Crippen LogP contribution in [0.5, 0.6) is 5.75 Å². The monoisotopic (exact) mass is 341 g/mol. The molecule has 1 N–H and O–H groups in total. The van der Waals surface area contributed by atoms with E-state index in [1.54, 1.807) is 24.3 Å². The van der Waals surface area contributed by atoms with Crippen LogP contribution in [0.4, 0.5) is 5.69 Å². The lowest BCUT2D eigenvalue weighted by molar-refractivity contribution is -0.123. The Morgan fingerprint density at radius 3 is 2.20 bits per heavy atom. The van der Waals surface area contributed by atoms with Gasteiger partial charge in [0, 0.05) is 5.69 Å². The van der Waals surface area contributed by atoms with E-state index in [2.05, 4.69) is 19.2 Å². The standard InChI is InChI=1S/C20H23NO4/c1-13(2)15-9-11-16(12-10-15)21-19(22)14(3)25-20(23)17-7-5-6-8-18(17)24-4/h5-14H,1-4H3,(H,21,22)/t14-/m1/s1. The molecule has 0 spiro atoms. The van der Waals surface area contributed by atoms with Gasteiger partial charge in [-0.15, -0.1) is 0 Å². The Hall–Kier alpha value is -2.82. The second-order valence-corrected chi connectivity index (χ2v) is 6.01. The number of benzene rings is 2. The number of carbonyl (C=O) groups excluding carboxylic acids is 2. The molecule has 0 fully saturated rings. The summed E-state index contributed by atoms with van der Waals surface area (Å²) in [4.78, 5) is 24.5. The molecule has 0 aliphatic carbocycles. The minimum Gasteiger partial charge on any atom is -0.496 e. The van der Waals surface area contributed by atoms with Gasteiger partial charge in [-0.1, -0.05) is 38.1 Å². The highest BCUT2D eigenvalue weighted by molar-refractivity contribution is 5.98. The molecular formula is C20H23NO4. The van der Waals surface area contributed by atoms with Crippen molar-refractivity contribution in [2.24, 2.45) is 0 Å². The first-order valence-electron chi connectivity index (χ1n) is 8.17. The number of carbonyl (C=O) groups is 2. The molecule has 0 radical (unpaired) electrons. The molecule has 25 heavy (non-hydrogen) atoms. The van der Waals surface area contributed by atoms with Crippen molar-refractivity contribution in [2.75, 3.05) is 12.4 Å². The molecule has 1 amide bonds. The van der Waals surface area contributed by atoms with Crippen LogP contribution in [-0.2, 0) is 9.53 Å². The lowest BCUT2D eigenvalue weighted by atomic mass is 10.0. The fourth-order valence-electron chi connectivity index (χ4n) is 2.29. The van der Waals surface area contributed by atoms with Gasteiger partial charge in [-0.2, -0.15) is 0 Å². The number of esters is 1. The van der Waals surface area contributed by atoms with Crippen molar-refractivity contribution >= 4 is 17.6 Å². The van der Waals surface area contributed by atoms with Crippen molar-refractivity contribution in [3.05, 3.63) is 59.7 Å². The predicted octanol–water partition coefficient (Wildman–Crippen LogP) is 4.00. The van der Waals surface area contributed by atoms with Crippen LogP contribution in [0, 0.1) is 0 Å². The zero-order valence-corrected chi connectivity index (χ0v) is 14.9. The molecule has 0 aliphatic rings. The normalized spacial score (nSPS) is 11.7. The van der Waals surface area contributed by atoms with Crippen molar-refractivity contribution in [2.45, 2.75) is 32.8 Å². The lowest BCUT2D eigenvalue weighted by Crippen LogP contribution is -2.30. The summed E-state index contributed by atoms with van der Waals surface area (Å²) >= 11 is 0. The summed E-state index contributed by atoms with van der Waals surface area (Å²) in [7, 11) is 1.48. The van der Waals surface area contributed by atoms with E-state index < -0.39 is 12.1 Å². The number of rotatable bonds is 6. The van der Waals surface area contributed by atoms with E-state index in [1.807, 2.05) is 24.3 Å². The van der Waals surface area contributed by atoms with E-state index in [9.17, 15) is 9.59 Å². The zero-order valence-electron chi connectivity index (χ0n) is 14.9. The number of anilines is 1. The predicted molar refractivity (Wildman–Crippen MR) is 97.0 cm³/mol. The molecule has 0 saturated heterocycles.